The zero-order valence-corrected chi connectivity index (χ0v) is 22.7. The average Bonchev–Trinajstić information content (AvgIpc) is 3.31. The molecule has 0 aromatic heterocycles. The number of ether oxygens (including phenoxy) is 1. The van der Waals surface area contributed by atoms with Crippen molar-refractivity contribution >= 4 is 17.5 Å². The maximum atomic E-state index is 12.9. The molecular formula is C30H44O5. The standard InChI is InChI=1S/C30H44O5/c1-26(2)22-9-8-20-19(28(22,5)13-12-23(26)32)11-15-29(6)18(10-14-30(20,29)7)17(25(33)34)16-21(31)24-27(3,4)35-24/h8,17-19,22,24H,9-16H2,1-7H3,(H,33,34)/t17-,18-,19-,22-,24-,28+,29-,30+/m0/s1. The van der Waals surface area contributed by atoms with Crippen LogP contribution >= 0.6 is 0 Å². The molecule has 35 heavy (non-hydrogen) atoms. The van der Waals surface area contributed by atoms with E-state index >= 15 is 0 Å². The number of epoxide rings is 1. The predicted molar refractivity (Wildman–Crippen MR) is 134 cm³/mol. The van der Waals surface area contributed by atoms with Crippen LogP contribution in [0.2, 0.25) is 0 Å². The van der Waals surface area contributed by atoms with Crippen LogP contribution in [0, 0.1) is 45.3 Å². The highest BCUT2D eigenvalue weighted by molar-refractivity contribution is 5.90. The Bertz CT molecular complexity index is 1010. The van der Waals surface area contributed by atoms with Crippen molar-refractivity contribution in [3.05, 3.63) is 11.6 Å². The Morgan fingerprint density at radius 1 is 1.06 bits per heavy atom. The van der Waals surface area contributed by atoms with E-state index in [1.54, 1.807) is 0 Å². The second kappa shape index (κ2) is 7.52. The summed E-state index contributed by atoms with van der Waals surface area (Å²) in [5.41, 5.74) is 0.678. The number of hydrogen-bond donors (Lipinski definition) is 1. The molecule has 4 fully saturated rings. The summed E-state index contributed by atoms with van der Waals surface area (Å²) in [7, 11) is 0. The Morgan fingerprint density at radius 2 is 1.71 bits per heavy atom. The van der Waals surface area contributed by atoms with E-state index in [1.807, 2.05) is 13.8 Å². The molecule has 5 rings (SSSR count). The first-order valence-electron chi connectivity index (χ1n) is 13.8. The van der Waals surface area contributed by atoms with Gasteiger partial charge in [0.15, 0.2) is 5.78 Å². The Kier molecular flexibility index (Phi) is 5.41. The van der Waals surface area contributed by atoms with Crippen LogP contribution in [-0.4, -0.2) is 34.3 Å². The van der Waals surface area contributed by atoms with Crippen LogP contribution in [0.25, 0.3) is 0 Å². The van der Waals surface area contributed by atoms with Crippen molar-refractivity contribution in [2.45, 2.75) is 112 Å². The molecule has 194 valence electrons. The minimum absolute atomic E-state index is 0.0208. The van der Waals surface area contributed by atoms with Gasteiger partial charge in [0.05, 0.1) is 11.5 Å². The maximum Gasteiger partial charge on any atom is 0.307 e. The molecule has 0 amide bonds. The molecule has 0 unspecified atom stereocenters. The monoisotopic (exact) mass is 484 g/mol. The van der Waals surface area contributed by atoms with E-state index in [1.165, 1.54) is 5.57 Å². The van der Waals surface area contributed by atoms with Gasteiger partial charge in [-0.05, 0) is 86.4 Å². The van der Waals surface area contributed by atoms with Crippen LogP contribution in [0.5, 0.6) is 0 Å². The second-order valence-electron chi connectivity index (χ2n) is 14.3. The van der Waals surface area contributed by atoms with E-state index in [0.717, 1.165) is 38.5 Å². The normalized spacial score (nSPS) is 46.0. The summed E-state index contributed by atoms with van der Waals surface area (Å²) in [5, 5.41) is 10.3. The van der Waals surface area contributed by atoms with Gasteiger partial charge in [-0.2, -0.15) is 0 Å². The van der Waals surface area contributed by atoms with Gasteiger partial charge in [0.2, 0.25) is 0 Å². The molecular weight excluding hydrogens is 440 g/mol. The van der Waals surface area contributed by atoms with Crippen molar-refractivity contribution in [3.63, 3.8) is 0 Å². The van der Waals surface area contributed by atoms with E-state index in [2.05, 4.69) is 40.7 Å². The molecule has 0 radical (unpaired) electrons. The summed E-state index contributed by atoms with van der Waals surface area (Å²) in [5.74, 6) is -0.364. The SMILES string of the molecule is CC1(C)O[C@H]1C(=O)C[C@H](C(=O)O)[C@@H]1CC[C@]2(C)C3=CC[C@H]4C(C)(C)C(=O)CC[C@]4(C)[C@H]3CC[C@@]12C. The maximum absolute atomic E-state index is 12.9. The third-order valence-corrected chi connectivity index (χ3v) is 12.2. The van der Waals surface area contributed by atoms with Crippen LogP contribution in [0.4, 0.5) is 0 Å². The van der Waals surface area contributed by atoms with Crippen molar-refractivity contribution in [3.8, 4) is 0 Å². The molecule has 0 aromatic rings. The number of carbonyl (C=O) groups is 3. The number of allylic oxidation sites excluding steroid dienone is 2. The molecule has 0 bridgehead atoms. The number of Topliss-reactive ketones (excluding diaryl/α,β-unsaturated/α-hetero) is 2. The Labute approximate surface area is 210 Å². The van der Waals surface area contributed by atoms with Gasteiger partial charge in [-0.3, -0.25) is 14.4 Å². The third-order valence-electron chi connectivity index (χ3n) is 12.2. The molecule has 4 aliphatic carbocycles. The molecule has 5 aliphatic rings. The average molecular weight is 485 g/mol. The molecule has 5 heteroatoms. The number of rotatable bonds is 5. The molecule has 5 nitrogen and oxygen atoms in total. The molecule has 0 aromatic carbocycles. The lowest BCUT2D eigenvalue weighted by Gasteiger charge is -2.63. The van der Waals surface area contributed by atoms with E-state index in [-0.39, 0.29) is 39.8 Å². The molecule has 1 saturated heterocycles. The van der Waals surface area contributed by atoms with E-state index in [9.17, 15) is 19.5 Å². The summed E-state index contributed by atoms with van der Waals surface area (Å²) in [6.45, 7) is 15.2. The van der Waals surface area contributed by atoms with Gasteiger partial charge < -0.3 is 9.84 Å². The van der Waals surface area contributed by atoms with Crippen molar-refractivity contribution in [2.24, 2.45) is 45.3 Å². The van der Waals surface area contributed by atoms with Gasteiger partial charge >= 0.3 is 5.97 Å². The van der Waals surface area contributed by atoms with Gasteiger partial charge in [-0.15, -0.1) is 0 Å². The zero-order valence-electron chi connectivity index (χ0n) is 22.7. The smallest absolute Gasteiger partial charge is 0.307 e. The highest BCUT2D eigenvalue weighted by atomic mass is 16.6. The van der Waals surface area contributed by atoms with E-state index in [4.69, 9.17) is 4.74 Å². The zero-order chi connectivity index (χ0) is 25.8. The number of fused-ring (bicyclic) bond motifs is 5. The highest BCUT2D eigenvalue weighted by Gasteiger charge is 2.66. The van der Waals surface area contributed by atoms with Crippen molar-refractivity contribution in [2.75, 3.05) is 0 Å². The van der Waals surface area contributed by atoms with Crippen LogP contribution < -0.4 is 0 Å². The van der Waals surface area contributed by atoms with Crippen LogP contribution in [0.15, 0.2) is 11.6 Å². The molecule has 1 heterocycles. The Morgan fingerprint density at radius 3 is 2.31 bits per heavy atom. The minimum atomic E-state index is -0.841. The largest absolute Gasteiger partial charge is 0.481 e. The number of carboxylic acid groups (broad SMARTS) is 1. The fourth-order valence-corrected chi connectivity index (χ4v) is 9.65. The summed E-state index contributed by atoms with van der Waals surface area (Å²) >= 11 is 0. The number of hydrogen-bond acceptors (Lipinski definition) is 4. The van der Waals surface area contributed by atoms with Gasteiger partial charge in [-0.1, -0.05) is 46.3 Å². The van der Waals surface area contributed by atoms with Crippen molar-refractivity contribution in [1.29, 1.82) is 0 Å². The number of ketones is 2. The summed E-state index contributed by atoms with van der Waals surface area (Å²) in [6, 6.07) is 0. The minimum Gasteiger partial charge on any atom is -0.481 e. The van der Waals surface area contributed by atoms with Crippen molar-refractivity contribution < 1.29 is 24.2 Å². The lowest BCUT2D eigenvalue weighted by molar-refractivity contribution is -0.151. The van der Waals surface area contributed by atoms with E-state index in [0.29, 0.717) is 24.0 Å². The summed E-state index contributed by atoms with van der Waals surface area (Å²) in [6.07, 6.45) is 8.48. The molecule has 3 saturated carbocycles. The lowest BCUT2D eigenvalue weighted by Crippen LogP contribution is -2.57. The molecule has 0 spiro atoms. The van der Waals surface area contributed by atoms with Crippen LogP contribution in [0.3, 0.4) is 0 Å². The lowest BCUT2D eigenvalue weighted by atomic mass is 9.41. The molecule has 8 atom stereocenters. The third kappa shape index (κ3) is 3.32. The van der Waals surface area contributed by atoms with Crippen LogP contribution in [-0.2, 0) is 19.1 Å². The fraction of sp³-hybridized carbons (Fsp3) is 0.833. The van der Waals surface area contributed by atoms with Crippen molar-refractivity contribution in [1.82, 2.24) is 0 Å². The van der Waals surface area contributed by atoms with E-state index < -0.39 is 23.6 Å². The first kappa shape index (κ1) is 25.2. The Hall–Kier alpha value is -1.49. The molecule has 1 N–H and O–H groups in total. The van der Waals surface area contributed by atoms with Gasteiger partial charge in [-0.25, -0.2) is 0 Å². The quantitative estimate of drug-likeness (QED) is 0.382. The molecule has 1 aliphatic heterocycles. The number of carbonyl (C=O) groups excluding carboxylic acids is 2. The summed E-state index contributed by atoms with van der Waals surface area (Å²) in [4.78, 5) is 38.3. The fourth-order valence-electron chi connectivity index (χ4n) is 9.65. The number of aliphatic carboxylic acids is 1. The first-order chi connectivity index (χ1) is 16.1. The topological polar surface area (TPSA) is 84.0 Å². The summed E-state index contributed by atoms with van der Waals surface area (Å²) < 4.78 is 5.54. The first-order valence-corrected chi connectivity index (χ1v) is 13.8. The second-order valence-corrected chi connectivity index (χ2v) is 14.3. The predicted octanol–water partition coefficient (Wildman–Crippen LogP) is 6.00. The Balaban J connectivity index is 1.46. The number of carboxylic acids is 1. The van der Waals surface area contributed by atoms with Crippen LogP contribution in [0.1, 0.15) is 99.8 Å². The van der Waals surface area contributed by atoms with Gasteiger partial charge in [0, 0.05) is 18.3 Å². The highest BCUT2D eigenvalue weighted by Crippen LogP contribution is 2.73. The van der Waals surface area contributed by atoms with Gasteiger partial charge in [0.25, 0.3) is 0 Å². The van der Waals surface area contributed by atoms with Gasteiger partial charge in [0.1, 0.15) is 11.9 Å².